The van der Waals surface area contributed by atoms with Crippen LogP contribution in [0.15, 0.2) is 127 Å². The molecule has 3 heteroatoms. The van der Waals surface area contributed by atoms with E-state index in [0.717, 1.165) is 6.42 Å². The van der Waals surface area contributed by atoms with Crippen molar-refractivity contribution in [3.05, 3.63) is 189 Å². The average Bonchev–Trinajstić information content (AvgIpc) is 3.78. The molecule has 0 bridgehead atoms. The van der Waals surface area contributed by atoms with Gasteiger partial charge in [-0.2, -0.15) is 0 Å². The minimum atomic E-state index is -3.00. The molecule has 0 radical (unpaired) electrons. The summed E-state index contributed by atoms with van der Waals surface area (Å²) in [5, 5.41) is 0. The molecule has 5 aromatic rings. The number of hydrogen-bond donors (Lipinski definition) is 0. The average molecular weight is 851 g/mol. The molecular formula is C53H52Cl2Zr. The van der Waals surface area contributed by atoms with Gasteiger partial charge in [-0.05, 0) is 0 Å². The molecule has 0 amide bonds. The predicted molar refractivity (Wildman–Crippen MR) is 229 cm³/mol. The van der Waals surface area contributed by atoms with Crippen LogP contribution in [0.2, 0.25) is 0 Å². The molecular weight excluding hydrogens is 799 g/mol. The zero-order valence-electron chi connectivity index (χ0n) is 34.5. The van der Waals surface area contributed by atoms with E-state index in [1.807, 2.05) is 0 Å². The van der Waals surface area contributed by atoms with Crippen molar-refractivity contribution in [2.45, 2.75) is 86.5 Å². The van der Waals surface area contributed by atoms with E-state index in [1.165, 1.54) is 94.6 Å². The second-order valence-corrected chi connectivity index (χ2v) is 23.3. The van der Waals surface area contributed by atoms with Gasteiger partial charge >= 0.3 is 333 Å². The SMILES string of the molecule is CC1=CC(C)(C)c2cc3c(cc21)-c1cc2c(cc1C3)C(C)(C)[C]([Zr+2]([C]1=C(C)C(c3ccccc3)=CC1C)=[C](c1ccc(C)cc1)c1ccc(C)cc1)=C2C.[Cl-].[Cl-]. The van der Waals surface area contributed by atoms with Gasteiger partial charge in [0.2, 0.25) is 0 Å². The zero-order chi connectivity index (χ0) is 37.8. The van der Waals surface area contributed by atoms with Crippen LogP contribution in [-0.2, 0) is 38.5 Å². The van der Waals surface area contributed by atoms with Gasteiger partial charge < -0.3 is 24.8 Å². The molecule has 9 rings (SSSR count). The maximum Gasteiger partial charge on any atom is -1.00 e. The molecule has 0 aromatic heterocycles. The smallest absolute Gasteiger partial charge is 1.00 e. The molecule has 4 aliphatic carbocycles. The Balaban J connectivity index is 0.00000240. The number of aryl methyl sites for hydroxylation is 2. The van der Waals surface area contributed by atoms with E-state index in [0.29, 0.717) is 5.92 Å². The molecule has 0 N–H and O–H groups in total. The molecule has 0 aliphatic heterocycles. The monoisotopic (exact) mass is 848 g/mol. The number of allylic oxidation sites excluding steroid dienone is 8. The van der Waals surface area contributed by atoms with Crippen LogP contribution in [0.1, 0.15) is 117 Å². The molecule has 5 aromatic carbocycles. The molecule has 0 fully saturated rings. The molecule has 56 heavy (non-hydrogen) atoms. The third-order valence-electron chi connectivity index (χ3n) is 13.1. The van der Waals surface area contributed by atoms with Crippen LogP contribution in [0, 0.1) is 19.8 Å². The van der Waals surface area contributed by atoms with Crippen molar-refractivity contribution in [2.75, 3.05) is 0 Å². The molecule has 1 atom stereocenters. The van der Waals surface area contributed by atoms with Gasteiger partial charge in [-0.15, -0.1) is 0 Å². The maximum atomic E-state index is 2.63. The fraction of sp³-hybridized carbons (Fsp3) is 0.264. The van der Waals surface area contributed by atoms with Crippen molar-refractivity contribution in [2.24, 2.45) is 5.92 Å². The number of hydrogen-bond acceptors (Lipinski definition) is 0. The topological polar surface area (TPSA) is 0 Å². The van der Waals surface area contributed by atoms with Crippen LogP contribution >= 0.6 is 0 Å². The summed E-state index contributed by atoms with van der Waals surface area (Å²) >= 11 is -3.00. The minimum absolute atomic E-state index is 0. The second-order valence-electron chi connectivity index (χ2n) is 17.7. The Labute approximate surface area is 355 Å². The van der Waals surface area contributed by atoms with Gasteiger partial charge in [0.05, 0.1) is 0 Å². The van der Waals surface area contributed by atoms with Crippen molar-refractivity contribution in [3.8, 4) is 11.1 Å². The minimum Gasteiger partial charge on any atom is -1.00 e. The summed E-state index contributed by atoms with van der Waals surface area (Å²) in [6.45, 7) is 24.0. The maximum absolute atomic E-state index is 3.00. The van der Waals surface area contributed by atoms with Crippen molar-refractivity contribution < 1.29 is 46.1 Å². The van der Waals surface area contributed by atoms with Gasteiger partial charge in [-0.1, -0.05) is 0 Å². The van der Waals surface area contributed by atoms with Crippen LogP contribution in [-0.4, -0.2) is 3.21 Å². The third kappa shape index (κ3) is 6.33. The number of benzene rings is 5. The van der Waals surface area contributed by atoms with Gasteiger partial charge in [-0.25, -0.2) is 0 Å². The Bertz CT molecular complexity index is 2540. The van der Waals surface area contributed by atoms with E-state index >= 15 is 0 Å². The third-order valence-corrected chi connectivity index (χ3v) is 22.8. The summed E-state index contributed by atoms with van der Waals surface area (Å²) in [4.78, 5) is 0. The first kappa shape index (κ1) is 40.6. The van der Waals surface area contributed by atoms with Crippen LogP contribution in [0.5, 0.6) is 0 Å². The van der Waals surface area contributed by atoms with Crippen molar-refractivity contribution in [3.63, 3.8) is 0 Å². The fourth-order valence-corrected chi connectivity index (χ4v) is 20.4. The summed E-state index contributed by atoms with van der Waals surface area (Å²) in [6, 6.07) is 40.4. The summed E-state index contributed by atoms with van der Waals surface area (Å²) in [5.41, 5.74) is 24.4. The van der Waals surface area contributed by atoms with E-state index in [-0.39, 0.29) is 35.6 Å². The first-order valence-corrected chi connectivity index (χ1v) is 23.6. The van der Waals surface area contributed by atoms with E-state index in [2.05, 4.69) is 185 Å². The first-order chi connectivity index (χ1) is 25.7. The van der Waals surface area contributed by atoms with Gasteiger partial charge in [0.15, 0.2) is 0 Å². The van der Waals surface area contributed by atoms with Gasteiger partial charge in [0.1, 0.15) is 0 Å². The summed E-state index contributed by atoms with van der Waals surface area (Å²) < 4.78 is 5.06. The predicted octanol–water partition coefficient (Wildman–Crippen LogP) is 7.49. The van der Waals surface area contributed by atoms with Crippen molar-refractivity contribution in [1.29, 1.82) is 0 Å². The van der Waals surface area contributed by atoms with Crippen LogP contribution in [0.4, 0.5) is 0 Å². The first-order valence-electron chi connectivity index (χ1n) is 19.9. The Morgan fingerprint density at radius 1 is 0.607 bits per heavy atom. The van der Waals surface area contributed by atoms with Crippen molar-refractivity contribution >= 4 is 19.9 Å². The van der Waals surface area contributed by atoms with Crippen LogP contribution in [0.3, 0.4) is 0 Å². The normalized spacial score (nSPS) is 17.8. The number of rotatable bonds is 5. The number of halogens is 2. The van der Waals surface area contributed by atoms with Crippen molar-refractivity contribution in [1.82, 2.24) is 0 Å². The molecule has 0 nitrogen and oxygen atoms in total. The van der Waals surface area contributed by atoms with E-state index in [4.69, 9.17) is 0 Å². The Hall–Kier alpha value is -3.61. The van der Waals surface area contributed by atoms with E-state index in [9.17, 15) is 0 Å². The molecule has 0 saturated carbocycles. The van der Waals surface area contributed by atoms with Gasteiger partial charge in [0, 0.05) is 0 Å². The molecule has 4 aliphatic rings. The molecule has 0 heterocycles. The Kier molecular flexibility index (Phi) is 10.6. The molecule has 0 spiro atoms. The summed E-state index contributed by atoms with van der Waals surface area (Å²) in [7, 11) is 0. The molecule has 282 valence electrons. The number of fused-ring (bicyclic) bond motifs is 5. The fourth-order valence-electron chi connectivity index (χ4n) is 10.5. The Morgan fingerprint density at radius 2 is 1.14 bits per heavy atom. The van der Waals surface area contributed by atoms with Gasteiger partial charge in [0.25, 0.3) is 0 Å². The Morgan fingerprint density at radius 3 is 1.71 bits per heavy atom. The summed E-state index contributed by atoms with van der Waals surface area (Å²) in [5.74, 6) is 0.375. The van der Waals surface area contributed by atoms with Gasteiger partial charge in [-0.3, -0.25) is 0 Å². The zero-order valence-corrected chi connectivity index (χ0v) is 38.5. The van der Waals surface area contributed by atoms with Crippen LogP contribution in [0.25, 0.3) is 27.8 Å². The van der Waals surface area contributed by atoms with E-state index in [1.54, 1.807) is 9.77 Å². The second kappa shape index (κ2) is 14.6. The quantitative estimate of drug-likeness (QED) is 0.169. The standard InChI is InChI=1S/C25H25.C15H14.C13H13.2ClH.Zr/c1-14-12-24(3,4)22-8-16-7-17-9-23-19(15(2)13-25(23,5)6)11-21(17)20(16)10-18(14)22;1-12-3-7-14(8-4-12)11-15-9-5-13(2)6-10-15;1-10-8-11(2)13(9-10)12-6-4-3-5-7-12;;;/h8-12H,7H2,1-6H3;3-10H,1-2H3;3-7,9-10H,1-2H3;2*1H;/q;;;;;+2/p-2. The summed E-state index contributed by atoms with van der Waals surface area (Å²) in [6.07, 6.45) is 6.06. The molecule has 1 unspecified atom stereocenters. The van der Waals surface area contributed by atoms with E-state index < -0.39 is 21.3 Å². The largest absolute Gasteiger partial charge is 1.00 e. The molecule has 0 saturated heterocycles. The van der Waals surface area contributed by atoms with Crippen LogP contribution < -0.4 is 24.8 Å².